The Balaban J connectivity index is 1.96. The highest BCUT2D eigenvalue weighted by Crippen LogP contribution is 2.37. The third kappa shape index (κ3) is 4.94. The molecule has 144 valence electrons. The van der Waals surface area contributed by atoms with Crippen LogP contribution < -0.4 is 0 Å². The van der Waals surface area contributed by atoms with Crippen LogP contribution in [0.25, 0.3) is 0 Å². The van der Waals surface area contributed by atoms with Crippen LogP contribution in [0.5, 0.6) is 0 Å². The molecule has 26 heavy (non-hydrogen) atoms. The molecular formula is C19H27NO6. The highest BCUT2D eigenvalue weighted by atomic mass is 16.6. The normalized spacial score (nSPS) is 28.3. The Morgan fingerprint density at radius 3 is 2.23 bits per heavy atom. The van der Waals surface area contributed by atoms with E-state index in [1.807, 2.05) is 20.9 Å². The van der Waals surface area contributed by atoms with E-state index in [4.69, 9.17) is 9.47 Å². The number of likely N-dealkylation sites (N-methyl/N-ethyl adjacent to an activating group) is 1. The Morgan fingerprint density at radius 2 is 1.62 bits per heavy atom. The Kier molecular flexibility index (Phi) is 6.58. The summed E-state index contributed by atoms with van der Waals surface area (Å²) in [5.41, 5.74) is 1.09. The topological polar surface area (TPSA) is 82.1 Å². The predicted molar refractivity (Wildman–Crippen MR) is 94.2 cm³/mol. The van der Waals surface area contributed by atoms with Gasteiger partial charge in [0.25, 0.3) is 0 Å². The maximum absolute atomic E-state index is 12.0. The number of ether oxygens (including phenoxy) is 3. The minimum absolute atomic E-state index is 0.0201. The molecule has 4 atom stereocenters. The van der Waals surface area contributed by atoms with Crippen molar-refractivity contribution in [1.82, 2.24) is 4.90 Å². The molecule has 0 radical (unpaired) electrons. The molecule has 2 unspecified atom stereocenters. The van der Waals surface area contributed by atoms with Crippen molar-refractivity contribution < 1.29 is 28.6 Å². The number of rotatable bonds is 5. The molecule has 0 aliphatic carbocycles. The highest BCUT2D eigenvalue weighted by Gasteiger charge is 2.47. The number of hydrogen-bond acceptors (Lipinski definition) is 7. The summed E-state index contributed by atoms with van der Waals surface area (Å²) < 4.78 is 15.7. The summed E-state index contributed by atoms with van der Waals surface area (Å²) in [6, 6.07) is 0.216. The van der Waals surface area contributed by atoms with Gasteiger partial charge in [-0.1, -0.05) is 5.57 Å². The average Bonchev–Trinajstić information content (AvgIpc) is 2.71. The molecule has 2 aliphatic rings. The molecule has 0 amide bonds. The van der Waals surface area contributed by atoms with E-state index >= 15 is 0 Å². The Labute approximate surface area is 154 Å². The van der Waals surface area contributed by atoms with Gasteiger partial charge >= 0.3 is 17.9 Å². The van der Waals surface area contributed by atoms with Crippen molar-refractivity contribution in [3.63, 3.8) is 0 Å². The lowest BCUT2D eigenvalue weighted by atomic mass is 10.0. The van der Waals surface area contributed by atoms with Gasteiger partial charge in [-0.2, -0.15) is 0 Å². The van der Waals surface area contributed by atoms with Gasteiger partial charge in [0.2, 0.25) is 0 Å². The molecule has 2 rings (SSSR count). The first-order valence-corrected chi connectivity index (χ1v) is 8.76. The third-order valence-electron chi connectivity index (χ3n) is 4.87. The maximum atomic E-state index is 12.0. The third-order valence-corrected chi connectivity index (χ3v) is 4.87. The van der Waals surface area contributed by atoms with Gasteiger partial charge < -0.3 is 14.2 Å². The second-order valence-electron chi connectivity index (χ2n) is 7.17. The van der Waals surface area contributed by atoms with E-state index < -0.39 is 11.9 Å². The van der Waals surface area contributed by atoms with E-state index in [1.54, 1.807) is 0 Å². The Bertz CT molecular complexity index is 634. The highest BCUT2D eigenvalue weighted by molar-refractivity contribution is 5.95. The van der Waals surface area contributed by atoms with Crippen molar-refractivity contribution in [2.75, 3.05) is 14.2 Å². The smallest absolute Gasteiger partial charge is 0.333 e. The van der Waals surface area contributed by atoms with Crippen LogP contribution in [0, 0.1) is 0 Å². The van der Waals surface area contributed by atoms with Crippen LogP contribution >= 0.6 is 0 Å². The molecule has 0 aromatic heterocycles. The van der Waals surface area contributed by atoms with Crippen LogP contribution in [0.15, 0.2) is 23.3 Å². The first-order valence-electron chi connectivity index (χ1n) is 8.76. The fraction of sp³-hybridized carbons (Fsp3) is 0.632. The first kappa shape index (κ1) is 20.2. The van der Waals surface area contributed by atoms with E-state index in [0.29, 0.717) is 12.8 Å². The number of nitrogens with zero attached hydrogens (tertiary/aromatic N) is 1. The molecule has 0 spiro atoms. The molecule has 0 aromatic rings. The fourth-order valence-electron chi connectivity index (χ4n) is 3.61. The van der Waals surface area contributed by atoms with Crippen molar-refractivity contribution >= 4 is 17.9 Å². The summed E-state index contributed by atoms with van der Waals surface area (Å²) in [5.74, 6) is -1.45. The van der Waals surface area contributed by atoms with E-state index in [2.05, 4.69) is 9.64 Å². The summed E-state index contributed by atoms with van der Waals surface area (Å²) in [4.78, 5) is 37.5. The largest absolute Gasteiger partial charge is 0.466 e. The number of fused-ring (bicyclic) bond motifs is 2. The summed E-state index contributed by atoms with van der Waals surface area (Å²) in [7, 11) is 3.26. The van der Waals surface area contributed by atoms with Gasteiger partial charge in [-0.15, -0.1) is 0 Å². The van der Waals surface area contributed by atoms with Crippen LogP contribution in [0.1, 0.15) is 40.0 Å². The zero-order valence-corrected chi connectivity index (χ0v) is 16.0. The molecule has 0 aromatic carbocycles. The van der Waals surface area contributed by atoms with Crippen molar-refractivity contribution in [1.29, 1.82) is 0 Å². The molecular weight excluding hydrogens is 338 g/mol. The van der Waals surface area contributed by atoms with Crippen LogP contribution in [-0.2, 0) is 28.6 Å². The van der Waals surface area contributed by atoms with Crippen LogP contribution in [-0.4, -0.2) is 61.3 Å². The summed E-state index contributed by atoms with van der Waals surface area (Å²) in [6.45, 7) is 5.20. The van der Waals surface area contributed by atoms with Crippen LogP contribution in [0.3, 0.4) is 0 Å². The molecule has 2 aliphatic heterocycles. The lowest BCUT2D eigenvalue weighted by Crippen LogP contribution is -2.46. The second kappa shape index (κ2) is 8.49. The number of esters is 3. The molecule has 2 saturated heterocycles. The van der Waals surface area contributed by atoms with E-state index in [-0.39, 0.29) is 35.8 Å². The lowest BCUT2D eigenvalue weighted by molar-refractivity contribution is -0.150. The minimum atomic E-state index is -0.559. The van der Waals surface area contributed by atoms with Crippen molar-refractivity contribution in [3.05, 3.63) is 23.3 Å². The molecule has 2 bridgehead atoms. The van der Waals surface area contributed by atoms with Gasteiger partial charge in [-0.05, 0) is 27.8 Å². The molecule has 7 heteroatoms. The van der Waals surface area contributed by atoms with Crippen LogP contribution in [0.2, 0.25) is 0 Å². The number of hydrogen-bond donors (Lipinski definition) is 0. The SMILES string of the molecule is COC(=O)/C(C)=C\C(=O)O[C@@H]1CC2C[C@@H](OC(=O)C=C(C)C)C(C1)N2C. The monoisotopic (exact) mass is 365 g/mol. The summed E-state index contributed by atoms with van der Waals surface area (Å²) >= 11 is 0. The van der Waals surface area contributed by atoms with Gasteiger partial charge in [0.05, 0.1) is 13.2 Å². The van der Waals surface area contributed by atoms with Crippen molar-refractivity contribution in [2.24, 2.45) is 0 Å². The zero-order valence-electron chi connectivity index (χ0n) is 16.0. The van der Waals surface area contributed by atoms with E-state index in [0.717, 1.165) is 18.1 Å². The van der Waals surface area contributed by atoms with E-state index in [1.165, 1.54) is 20.1 Å². The minimum Gasteiger partial charge on any atom is -0.466 e. The standard InChI is InChI=1S/C19H27NO6/c1-11(2)6-17(21)26-16-9-13-8-14(10-15(16)20(13)4)25-18(22)7-12(3)19(23)24-5/h6-7,13-16H,8-10H2,1-5H3/b12-7-/t13?,14-,15?,16-/m1/s1. The number of carbonyl (C=O) groups is 3. The van der Waals surface area contributed by atoms with Gasteiger partial charge in [-0.3, -0.25) is 4.90 Å². The Hall–Kier alpha value is -2.15. The molecule has 0 N–H and O–H groups in total. The first-order chi connectivity index (χ1) is 12.2. The lowest BCUT2D eigenvalue weighted by Gasteiger charge is -2.36. The zero-order chi connectivity index (χ0) is 19.4. The maximum Gasteiger partial charge on any atom is 0.333 e. The number of methoxy groups -OCH3 is 1. The number of allylic oxidation sites excluding steroid dienone is 1. The molecule has 2 heterocycles. The second-order valence-corrected chi connectivity index (χ2v) is 7.17. The van der Waals surface area contributed by atoms with Crippen molar-refractivity contribution in [2.45, 2.75) is 64.3 Å². The Morgan fingerprint density at radius 1 is 0.962 bits per heavy atom. The van der Waals surface area contributed by atoms with Gasteiger partial charge in [-0.25, -0.2) is 14.4 Å². The molecule has 7 nitrogen and oxygen atoms in total. The average molecular weight is 365 g/mol. The quantitative estimate of drug-likeness (QED) is 0.417. The van der Waals surface area contributed by atoms with E-state index in [9.17, 15) is 14.4 Å². The number of carbonyl (C=O) groups excluding carboxylic acids is 3. The summed E-state index contributed by atoms with van der Waals surface area (Å²) in [6.07, 6.45) is 4.18. The fourth-order valence-corrected chi connectivity index (χ4v) is 3.61. The van der Waals surface area contributed by atoms with Gasteiger partial charge in [0, 0.05) is 43.0 Å². The molecule has 2 fully saturated rings. The summed E-state index contributed by atoms with van der Waals surface area (Å²) in [5, 5.41) is 0. The molecule has 0 saturated carbocycles. The van der Waals surface area contributed by atoms with Crippen LogP contribution in [0.4, 0.5) is 0 Å². The predicted octanol–water partition coefficient (Wildman–Crippen LogP) is 1.76. The van der Waals surface area contributed by atoms with Gasteiger partial charge in [0.15, 0.2) is 0 Å². The number of piperidine rings is 1. The van der Waals surface area contributed by atoms with Crippen molar-refractivity contribution in [3.8, 4) is 0 Å². The van der Waals surface area contributed by atoms with Gasteiger partial charge in [0.1, 0.15) is 12.2 Å².